The van der Waals surface area contributed by atoms with E-state index in [1.807, 2.05) is 19.9 Å². The summed E-state index contributed by atoms with van der Waals surface area (Å²) < 4.78 is 58.9. The lowest BCUT2D eigenvalue weighted by Gasteiger charge is -2.39. The van der Waals surface area contributed by atoms with Gasteiger partial charge >= 0.3 is 10.3 Å². The van der Waals surface area contributed by atoms with Crippen LogP contribution in [0.2, 0.25) is 18.1 Å². The number of fused-ring (bicyclic) bond motifs is 2. The van der Waals surface area contributed by atoms with E-state index in [9.17, 15) is 18.0 Å². The number of ether oxygens (including phenoxy) is 2. The number of nitrogens with one attached hydrogen (secondary N) is 3. The van der Waals surface area contributed by atoms with E-state index >= 15 is 0 Å². The highest BCUT2D eigenvalue weighted by Gasteiger charge is 2.48. The SMILES string of the molecule is CC[C@H]1O[C@@H](n2cnc3c(=O)[nH]cnc32)[C@H](OS(=O)(=O)NC[C@H]2O[C@@H](n3cnc4c(NC(=O)c5ccccc5)ncnc43)C[C@@H]2O[Si](C)(C)C(C)(C)C)[C@@H]1C. The maximum Gasteiger partial charge on any atom is 0.336 e. The summed E-state index contributed by atoms with van der Waals surface area (Å²) in [6, 6.07) is 8.77. The number of aromatic amines is 1. The lowest BCUT2D eigenvalue weighted by Crippen LogP contribution is -2.48. The molecule has 7 rings (SSSR count). The molecule has 2 fully saturated rings. The number of H-pyrrole nitrogens is 1. The van der Waals surface area contributed by atoms with Crippen molar-refractivity contribution in [1.82, 2.24) is 43.8 Å². The van der Waals surface area contributed by atoms with Crippen molar-refractivity contribution in [2.75, 3.05) is 11.9 Å². The van der Waals surface area contributed by atoms with Crippen LogP contribution in [0.15, 0.2) is 60.4 Å². The van der Waals surface area contributed by atoms with Crippen molar-refractivity contribution in [3.8, 4) is 0 Å². The fourth-order valence-corrected chi connectivity index (χ4v) is 9.11. The van der Waals surface area contributed by atoms with Gasteiger partial charge in [0.05, 0.1) is 37.3 Å². The Kier molecular flexibility index (Phi) is 10.5. The first-order valence-corrected chi connectivity index (χ1v) is 22.5. The van der Waals surface area contributed by atoms with Crippen molar-refractivity contribution >= 4 is 52.7 Å². The van der Waals surface area contributed by atoms with Crippen molar-refractivity contribution in [3.05, 3.63) is 71.6 Å². The monoisotopic (exact) mass is 794 g/mol. The molecule has 7 atom stereocenters. The van der Waals surface area contributed by atoms with E-state index in [2.05, 4.69) is 73.8 Å². The zero-order valence-corrected chi connectivity index (χ0v) is 33.5. The summed E-state index contributed by atoms with van der Waals surface area (Å²) in [6.07, 6.45) is 2.46. The number of carbonyl (C=O) groups excluding carboxylic acids is 1. The third-order valence-corrected chi connectivity index (χ3v) is 16.3. The molecule has 18 nitrogen and oxygen atoms in total. The number of rotatable bonds is 12. The number of aromatic nitrogens is 8. The van der Waals surface area contributed by atoms with Gasteiger partial charge < -0.3 is 24.2 Å². The molecule has 4 aromatic heterocycles. The fourth-order valence-electron chi connectivity index (χ4n) is 6.75. The van der Waals surface area contributed by atoms with Gasteiger partial charge in [0.15, 0.2) is 42.7 Å². The predicted molar refractivity (Wildman–Crippen MR) is 204 cm³/mol. The van der Waals surface area contributed by atoms with Crippen LogP contribution >= 0.6 is 0 Å². The summed E-state index contributed by atoms with van der Waals surface area (Å²) in [5.41, 5.74) is 1.18. The van der Waals surface area contributed by atoms with Crippen LogP contribution in [-0.4, -0.2) is 92.6 Å². The van der Waals surface area contributed by atoms with Crippen LogP contribution in [-0.2, 0) is 28.4 Å². The van der Waals surface area contributed by atoms with E-state index in [0.29, 0.717) is 29.6 Å². The Morgan fingerprint density at radius 3 is 2.44 bits per heavy atom. The zero-order chi connectivity index (χ0) is 39.3. The summed E-state index contributed by atoms with van der Waals surface area (Å²) >= 11 is 0. The van der Waals surface area contributed by atoms with Crippen LogP contribution in [0.1, 0.15) is 70.3 Å². The molecule has 1 aromatic carbocycles. The second-order valence-corrected chi connectivity index (χ2v) is 21.5. The predicted octanol–water partition coefficient (Wildman–Crippen LogP) is 4.05. The van der Waals surface area contributed by atoms with Gasteiger partial charge in [-0.3, -0.25) is 18.7 Å². The largest absolute Gasteiger partial charge is 0.411 e. The smallest absolute Gasteiger partial charge is 0.336 e. The molecule has 2 saturated heterocycles. The number of benzene rings is 1. The minimum Gasteiger partial charge on any atom is -0.411 e. The van der Waals surface area contributed by atoms with E-state index in [1.165, 1.54) is 23.5 Å². The quantitative estimate of drug-likeness (QED) is 0.152. The molecule has 55 heavy (non-hydrogen) atoms. The van der Waals surface area contributed by atoms with Crippen LogP contribution in [0.3, 0.4) is 0 Å². The number of hydrogen-bond acceptors (Lipinski definition) is 13. The highest BCUT2D eigenvalue weighted by atomic mass is 32.2. The highest BCUT2D eigenvalue weighted by Crippen LogP contribution is 2.42. The first-order valence-electron chi connectivity index (χ1n) is 18.2. The molecule has 0 bridgehead atoms. The first kappa shape index (κ1) is 38.8. The van der Waals surface area contributed by atoms with E-state index < -0.39 is 54.9 Å². The summed E-state index contributed by atoms with van der Waals surface area (Å²) in [7, 11) is -6.77. The molecular formula is C35H46N10O8SSi. The van der Waals surface area contributed by atoms with E-state index in [0.717, 1.165) is 0 Å². The van der Waals surface area contributed by atoms with Crippen LogP contribution in [0.4, 0.5) is 5.82 Å². The van der Waals surface area contributed by atoms with Crippen molar-refractivity contribution < 1.29 is 31.3 Å². The van der Waals surface area contributed by atoms with Crippen molar-refractivity contribution in [1.29, 1.82) is 0 Å². The number of nitrogens with zero attached hydrogens (tertiary/aromatic N) is 7. The number of hydrogen-bond donors (Lipinski definition) is 3. The zero-order valence-electron chi connectivity index (χ0n) is 31.7. The molecule has 3 N–H and O–H groups in total. The van der Waals surface area contributed by atoms with Gasteiger partial charge in [-0.2, -0.15) is 13.1 Å². The van der Waals surface area contributed by atoms with E-state index in [4.69, 9.17) is 18.1 Å². The van der Waals surface area contributed by atoms with Crippen LogP contribution in [0.5, 0.6) is 0 Å². The third kappa shape index (κ3) is 7.71. The molecule has 1 amide bonds. The number of imidazole rings is 2. The molecule has 0 radical (unpaired) electrons. The van der Waals surface area contributed by atoms with Gasteiger partial charge in [0, 0.05) is 24.4 Å². The number of amides is 1. The molecule has 0 spiro atoms. The van der Waals surface area contributed by atoms with Crippen molar-refractivity contribution in [3.63, 3.8) is 0 Å². The van der Waals surface area contributed by atoms with Crippen LogP contribution in [0, 0.1) is 5.92 Å². The fraction of sp³-hybridized carbons (Fsp3) is 0.514. The van der Waals surface area contributed by atoms with Gasteiger partial charge in [-0.15, -0.1) is 0 Å². The lowest BCUT2D eigenvalue weighted by atomic mass is 9.99. The van der Waals surface area contributed by atoms with Gasteiger partial charge in [-0.25, -0.2) is 29.1 Å². The average molecular weight is 795 g/mol. The second kappa shape index (κ2) is 14.9. The summed E-state index contributed by atoms with van der Waals surface area (Å²) in [5, 5.41) is 2.68. The summed E-state index contributed by atoms with van der Waals surface area (Å²) in [6.45, 7) is 14.3. The minimum atomic E-state index is -4.40. The van der Waals surface area contributed by atoms with Gasteiger partial charge in [-0.05, 0) is 36.7 Å². The topological polar surface area (TPSA) is 219 Å². The third-order valence-electron chi connectivity index (χ3n) is 10.8. The lowest BCUT2D eigenvalue weighted by molar-refractivity contribution is -0.0291. The summed E-state index contributed by atoms with van der Waals surface area (Å²) in [5.74, 6) is -0.442. The van der Waals surface area contributed by atoms with Crippen molar-refractivity contribution in [2.45, 2.75) is 102 Å². The highest BCUT2D eigenvalue weighted by molar-refractivity contribution is 7.84. The van der Waals surface area contributed by atoms with Gasteiger partial charge in [0.2, 0.25) is 0 Å². The molecule has 0 saturated carbocycles. The Morgan fingerprint density at radius 1 is 1.00 bits per heavy atom. The molecule has 6 heterocycles. The standard InChI is InChI=1S/C35H46N10O8SSi/c1-8-22-20(2)28(34(51-22)45-19-41-27-31(45)38-17-39-33(27)47)52-54(48,49)42-15-24-23(53-55(6,7)35(3,4)5)14-25(50-24)44-18-40-26-29(36-16-37-30(26)44)43-32(46)21-12-10-9-11-13-21/h9-13,16-20,22-25,28,34,42H,8,14-15H2,1-7H3,(H,38,39,47)(H,36,37,43,46)/t20-,22-,23+,24-,25-,28-,34-/m1/s1. The molecule has 2 aliphatic heterocycles. The van der Waals surface area contributed by atoms with Gasteiger partial charge in [0.1, 0.15) is 18.7 Å². The number of carbonyl (C=O) groups is 1. The molecule has 5 aromatic rings. The molecule has 20 heteroatoms. The first-order chi connectivity index (χ1) is 26.1. The van der Waals surface area contributed by atoms with Crippen molar-refractivity contribution in [2.24, 2.45) is 5.92 Å². The average Bonchev–Trinajstić information content (AvgIpc) is 3.92. The van der Waals surface area contributed by atoms with Crippen LogP contribution < -0.4 is 15.6 Å². The number of anilines is 1. The van der Waals surface area contributed by atoms with E-state index in [-0.39, 0.29) is 46.5 Å². The summed E-state index contributed by atoms with van der Waals surface area (Å²) in [4.78, 5) is 49.5. The molecule has 0 unspecified atom stereocenters. The molecule has 294 valence electrons. The maximum atomic E-state index is 13.7. The second-order valence-electron chi connectivity index (χ2n) is 15.4. The Balaban J connectivity index is 1.11. The van der Waals surface area contributed by atoms with Crippen LogP contribution in [0.25, 0.3) is 22.3 Å². The van der Waals surface area contributed by atoms with Gasteiger partial charge in [0.25, 0.3) is 11.5 Å². The molecule has 0 aliphatic carbocycles. The van der Waals surface area contributed by atoms with Gasteiger partial charge in [-0.1, -0.05) is 52.8 Å². The maximum absolute atomic E-state index is 13.7. The molecule has 2 aliphatic rings. The molecular weight excluding hydrogens is 749 g/mol. The minimum absolute atomic E-state index is 0.101. The Hall–Kier alpha value is -4.44. The van der Waals surface area contributed by atoms with E-state index in [1.54, 1.807) is 35.2 Å². The Labute approximate surface area is 318 Å². The normalized spacial score (nSPS) is 24.9. The Bertz CT molecular complexity index is 2350. The Morgan fingerprint density at radius 2 is 1.71 bits per heavy atom.